The molecule has 1 saturated heterocycles. The lowest BCUT2D eigenvalue weighted by molar-refractivity contribution is -0.131. The van der Waals surface area contributed by atoms with Crippen LogP contribution in [-0.4, -0.2) is 41.5 Å². The number of amides is 1. The Kier molecular flexibility index (Phi) is 4.93. The second-order valence-corrected chi connectivity index (χ2v) is 5.65. The van der Waals surface area contributed by atoms with Crippen LogP contribution in [0.2, 0.25) is 0 Å². The molecule has 0 atom stereocenters. The van der Waals surface area contributed by atoms with Gasteiger partial charge >= 0.3 is 5.97 Å². The molecule has 5 nitrogen and oxygen atoms in total. The fourth-order valence-corrected chi connectivity index (χ4v) is 2.96. The number of likely N-dealkylation sites (tertiary alicyclic amines) is 1. The number of carbonyl (C=O) groups excluding carboxylic acids is 1. The number of aromatic carboxylic acids is 1. The van der Waals surface area contributed by atoms with Gasteiger partial charge in [0.05, 0.1) is 12.1 Å². The van der Waals surface area contributed by atoms with Crippen molar-refractivity contribution in [1.29, 1.82) is 0 Å². The van der Waals surface area contributed by atoms with Crippen molar-refractivity contribution in [2.75, 3.05) is 19.6 Å². The van der Waals surface area contributed by atoms with Crippen molar-refractivity contribution < 1.29 is 14.7 Å². The topological polar surface area (TPSA) is 69.6 Å². The molecule has 1 aromatic rings. The van der Waals surface area contributed by atoms with E-state index in [0.29, 0.717) is 18.7 Å². The maximum absolute atomic E-state index is 11.9. The first-order chi connectivity index (χ1) is 9.16. The molecule has 0 saturated carbocycles. The number of carboxylic acid groups (broad SMARTS) is 1. The monoisotopic (exact) mass is 282 g/mol. The molecule has 1 amide bonds. The van der Waals surface area contributed by atoms with E-state index in [2.05, 4.69) is 5.32 Å². The van der Waals surface area contributed by atoms with E-state index in [0.717, 1.165) is 30.8 Å². The first-order valence-corrected chi connectivity index (χ1v) is 7.34. The third-order valence-electron chi connectivity index (χ3n) is 3.18. The average Bonchev–Trinajstić information content (AvgIpc) is 2.89. The quantitative estimate of drug-likeness (QED) is 0.859. The largest absolute Gasteiger partial charge is 0.478 e. The van der Waals surface area contributed by atoms with Gasteiger partial charge in [0.1, 0.15) is 0 Å². The number of nitrogens with zero attached hydrogens (tertiary/aromatic N) is 1. The molecule has 2 rings (SSSR count). The maximum atomic E-state index is 11.9. The summed E-state index contributed by atoms with van der Waals surface area (Å²) in [4.78, 5) is 25.4. The fourth-order valence-electron chi connectivity index (χ4n) is 2.13. The number of hydrogen-bond acceptors (Lipinski definition) is 4. The lowest BCUT2D eigenvalue weighted by Crippen LogP contribution is -2.40. The van der Waals surface area contributed by atoms with Crippen LogP contribution in [0.5, 0.6) is 0 Å². The maximum Gasteiger partial charge on any atom is 0.336 e. The van der Waals surface area contributed by atoms with Gasteiger partial charge in [-0.25, -0.2) is 4.79 Å². The molecule has 6 heteroatoms. The highest BCUT2D eigenvalue weighted by atomic mass is 32.1. The Morgan fingerprint density at radius 2 is 2.05 bits per heavy atom. The van der Waals surface area contributed by atoms with Gasteiger partial charge in [0.15, 0.2) is 0 Å². The predicted octanol–water partition coefficient (Wildman–Crippen LogP) is 1.55. The molecule has 0 bridgehead atoms. The van der Waals surface area contributed by atoms with E-state index >= 15 is 0 Å². The SMILES string of the molecule is O=C(O)c1csc(CNCC(=O)N2CCCCC2)c1. The Labute approximate surface area is 116 Å². The number of rotatable bonds is 5. The minimum absolute atomic E-state index is 0.134. The van der Waals surface area contributed by atoms with Gasteiger partial charge in [0.25, 0.3) is 0 Å². The van der Waals surface area contributed by atoms with E-state index in [1.54, 1.807) is 11.4 Å². The summed E-state index contributed by atoms with van der Waals surface area (Å²) in [5.74, 6) is -0.776. The standard InChI is InChI=1S/C13H18N2O3S/c16-12(15-4-2-1-3-5-15)8-14-7-11-6-10(9-19-11)13(17)18/h6,9,14H,1-5,7-8H2,(H,17,18). The molecule has 0 radical (unpaired) electrons. The molecule has 0 aliphatic carbocycles. The molecule has 1 aliphatic rings. The molecule has 0 spiro atoms. The van der Waals surface area contributed by atoms with Crippen molar-refractivity contribution in [1.82, 2.24) is 10.2 Å². The Bertz CT molecular complexity index is 452. The number of piperidine rings is 1. The second-order valence-electron chi connectivity index (χ2n) is 4.65. The highest BCUT2D eigenvalue weighted by Crippen LogP contribution is 2.14. The molecule has 0 unspecified atom stereocenters. The van der Waals surface area contributed by atoms with Crippen LogP contribution in [0.3, 0.4) is 0 Å². The van der Waals surface area contributed by atoms with Crippen LogP contribution >= 0.6 is 11.3 Å². The lowest BCUT2D eigenvalue weighted by atomic mass is 10.1. The van der Waals surface area contributed by atoms with E-state index < -0.39 is 5.97 Å². The van der Waals surface area contributed by atoms with Crippen molar-refractivity contribution >= 4 is 23.2 Å². The van der Waals surface area contributed by atoms with E-state index in [1.165, 1.54) is 17.8 Å². The third kappa shape index (κ3) is 4.04. The van der Waals surface area contributed by atoms with Crippen molar-refractivity contribution in [2.45, 2.75) is 25.8 Å². The van der Waals surface area contributed by atoms with Crippen LogP contribution in [0.1, 0.15) is 34.5 Å². The van der Waals surface area contributed by atoms with Gasteiger partial charge < -0.3 is 15.3 Å². The van der Waals surface area contributed by atoms with Crippen molar-refractivity contribution in [3.8, 4) is 0 Å². The first kappa shape index (κ1) is 14.0. The van der Waals surface area contributed by atoms with Crippen molar-refractivity contribution in [3.63, 3.8) is 0 Å². The Balaban J connectivity index is 1.73. The fraction of sp³-hybridized carbons (Fsp3) is 0.538. The second kappa shape index (κ2) is 6.68. The highest BCUT2D eigenvalue weighted by Gasteiger charge is 2.15. The van der Waals surface area contributed by atoms with Crippen LogP contribution in [-0.2, 0) is 11.3 Å². The third-order valence-corrected chi connectivity index (χ3v) is 4.12. The van der Waals surface area contributed by atoms with Crippen LogP contribution in [0, 0.1) is 0 Å². The van der Waals surface area contributed by atoms with E-state index in [-0.39, 0.29) is 5.91 Å². The first-order valence-electron chi connectivity index (χ1n) is 6.46. The Morgan fingerprint density at radius 1 is 1.32 bits per heavy atom. The van der Waals surface area contributed by atoms with E-state index in [9.17, 15) is 9.59 Å². The van der Waals surface area contributed by atoms with Crippen LogP contribution in [0.25, 0.3) is 0 Å². The molecule has 19 heavy (non-hydrogen) atoms. The molecular weight excluding hydrogens is 264 g/mol. The average molecular weight is 282 g/mol. The number of thiophene rings is 1. The highest BCUT2D eigenvalue weighted by molar-refractivity contribution is 7.10. The van der Waals surface area contributed by atoms with Gasteiger partial charge in [-0.3, -0.25) is 4.79 Å². The zero-order valence-corrected chi connectivity index (χ0v) is 11.5. The summed E-state index contributed by atoms with van der Waals surface area (Å²) in [5.41, 5.74) is 0.309. The number of nitrogens with one attached hydrogen (secondary N) is 1. The minimum Gasteiger partial charge on any atom is -0.478 e. The van der Waals surface area contributed by atoms with Gasteiger partial charge in [-0.15, -0.1) is 11.3 Å². The summed E-state index contributed by atoms with van der Waals surface area (Å²) in [6, 6.07) is 1.64. The molecule has 2 heterocycles. The Morgan fingerprint density at radius 3 is 2.68 bits per heavy atom. The van der Waals surface area contributed by atoms with Crippen LogP contribution < -0.4 is 5.32 Å². The molecule has 1 fully saturated rings. The van der Waals surface area contributed by atoms with E-state index in [1.807, 2.05) is 4.90 Å². The molecule has 1 aliphatic heterocycles. The smallest absolute Gasteiger partial charge is 0.336 e. The summed E-state index contributed by atoms with van der Waals surface area (Å²) in [7, 11) is 0. The van der Waals surface area contributed by atoms with Crippen molar-refractivity contribution in [2.24, 2.45) is 0 Å². The van der Waals surface area contributed by atoms with Gasteiger partial charge in [-0.1, -0.05) is 0 Å². The minimum atomic E-state index is -0.910. The van der Waals surface area contributed by atoms with E-state index in [4.69, 9.17) is 5.11 Å². The zero-order valence-electron chi connectivity index (χ0n) is 10.7. The zero-order chi connectivity index (χ0) is 13.7. The van der Waals surface area contributed by atoms with Crippen molar-refractivity contribution in [3.05, 3.63) is 21.9 Å². The van der Waals surface area contributed by atoms with Gasteiger partial charge in [-0.2, -0.15) is 0 Å². The normalized spacial score (nSPS) is 15.5. The summed E-state index contributed by atoms with van der Waals surface area (Å²) >= 11 is 1.40. The number of hydrogen-bond donors (Lipinski definition) is 2. The van der Waals surface area contributed by atoms with Crippen LogP contribution in [0.4, 0.5) is 0 Å². The summed E-state index contributed by atoms with van der Waals surface area (Å²) in [5, 5.41) is 13.5. The van der Waals surface area contributed by atoms with Gasteiger partial charge in [0.2, 0.25) is 5.91 Å². The molecule has 0 aromatic carbocycles. The Hall–Kier alpha value is -1.40. The van der Waals surface area contributed by atoms with Crippen LogP contribution in [0.15, 0.2) is 11.4 Å². The number of carboxylic acids is 1. The summed E-state index contributed by atoms with van der Waals surface area (Å²) in [6.07, 6.45) is 3.40. The van der Waals surface area contributed by atoms with Gasteiger partial charge in [0, 0.05) is 29.9 Å². The number of carbonyl (C=O) groups is 2. The predicted molar refractivity (Wildman–Crippen MR) is 73.4 cm³/mol. The molecule has 2 N–H and O–H groups in total. The van der Waals surface area contributed by atoms with Gasteiger partial charge in [-0.05, 0) is 25.3 Å². The lowest BCUT2D eigenvalue weighted by Gasteiger charge is -2.26. The summed E-state index contributed by atoms with van der Waals surface area (Å²) < 4.78 is 0. The molecule has 104 valence electrons. The summed E-state index contributed by atoms with van der Waals surface area (Å²) in [6.45, 7) is 2.59. The molecular formula is C13H18N2O3S. The molecule has 1 aromatic heterocycles.